The third-order valence-electron chi connectivity index (χ3n) is 4.33. The third kappa shape index (κ3) is 5.78. The molecule has 1 aliphatic rings. The van der Waals surface area contributed by atoms with Crippen molar-refractivity contribution in [1.82, 2.24) is 15.0 Å². The van der Waals surface area contributed by atoms with Gasteiger partial charge in [0, 0.05) is 6.54 Å². The van der Waals surface area contributed by atoms with Crippen molar-refractivity contribution < 1.29 is 29.1 Å². The van der Waals surface area contributed by atoms with Crippen molar-refractivity contribution >= 4 is 12.4 Å². The maximum atomic E-state index is 11.2. The van der Waals surface area contributed by atoms with Crippen LogP contribution in [-0.4, -0.2) is 57.9 Å². The summed E-state index contributed by atoms with van der Waals surface area (Å²) in [6.07, 6.45) is 1.84. The van der Waals surface area contributed by atoms with Gasteiger partial charge in [-0.15, -0.1) is 0 Å². The zero-order valence-electron chi connectivity index (χ0n) is 15.3. The van der Waals surface area contributed by atoms with Crippen molar-refractivity contribution in [2.24, 2.45) is 5.92 Å². The van der Waals surface area contributed by atoms with Gasteiger partial charge < -0.3 is 19.5 Å². The van der Waals surface area contributed by atoms with Crippen molar-refractivity contribution in [3.8, 4) is 5.75 Å². The molecule has 3 rings (SSSR count). The first kappa shape index (κ1) is 20.4. The molecule has 0 amide bonds. The molecule has 1 unspecified atom stereocenters. The van der Waals surface area contributed by atoms with Crippen molar-refractivity contribution in [2.45, 2.75) is 26.3 Å². The lowest BCUT2D eigenvalue weighted by Gasteiger charge is -2.15. The minimum absolute atomic E-state index is 0.250. The highest BCUT2D eigenvalue weighted by Gasteiger charge is 2.25. The summed E-state index contributed by atoms with van der Waals surface area (Å²) < 4.78 is 10.5. The average Bonchev–Trinajstić information content (AvgIpc) is 3.24. The number of carbonyl (C=O) groups is 2. The van der Waals surface area contributed by atoms with Crippen molar-refractivity contribution in [2.75, 3.05) is 20.2 Å². The summed E-state index contributed by atoms with van der Waals surface area (Å²) in [6.45, 7) is 4.10. The van der Waals surface area contributed by atoms with E-state index in [-0.39, 0.29) is 6.47 Å². The topological polar surface area (TPSA) is 126 Å². The van der Waals surface area contributed by atoms with Gasteiger partial charge >= 0.3 is 5.97 Å². The second-order valence-corrected chi connectivity index (χ2v) is 6.27. The molecule has 0 saturated carbocycles. The van der Waals surface area contributed by atoms with Gasteiger partial charge in [-0.05, 0) is 56.0 Å². The molecule has 1 fully saturated rings. The average molecular weight is 377 g/mol. The summed E-state index contributed by atoms with van der Waals surface area (Å²) >= 11 is 0. The van der Waals surface area contributed by atoms with Gasteiger partial charge in [-0.25, -0.2) is 4.79 Å². The molecule has 0 spiro atoms. The Hall–Kier alpha value is -2.94. The number of benzene rings is 1. The lowest BCUT2D eigenvalue weighted by Crippen LogP contribution is -2.21. The van der Waals surface area contributed by atoms with Crippen LogP contribution in [0.2, 0.25) is 0 Å². The first-order valence-corrected chi connectivity index (χ1v) is 8.46. The Morgan fingerprint density at radius 2 is 2.22 bits per heavy atom. The Labute approximate surface area is 156 Å². The van der Waals surface area contributed by atoms with E-state index in [9.17, 15) is 4.79 Å². The van der Waals surface area contributed by atoms with E-state index in [1.807, 2.05) is 6.92 Å². The van der Waals surface area contributed by atoms with E-state index in [1.165, 1.54) is 0 Å². The van der Waals surface area contributed by atoms with Crippen molar-refractivity contribution in [1.29, 1.82) is 0 Å². The summed E-state index contributed by atoms with van der Waals surface area (Å²) in [4.78, 5) is 26.1. The largest absolute Gasteiger partial charge is 0.496 e. The lowest BCUT2D eigenvalue weighted by molar-refractivity contribution is -0.122. The summed E-state index contributed by atoms with van der Waals surface area (Å²) in [6, 6.07) is 5.02. The molecular formula is C18H23N3O6. The van der Waals surface area contributed by atoms with Crippen LogP contribution in [0.15, 0.2) is 22.7 Å². The number of nitrogens with zero attached hydrogens (tertiary/aromatic N) is 3. The number of rotatable bonds is 6. The van der Waals surface area contributed by atoms with Crippen LogP contribution in [0.4, 0.5) is 0 Å². The van der Waals surface area contributed by atoms with Gasteiger partial charge in [0.25, 0.3) is 6.47 Å². The minimum Gasteiger partial charge on any atom is -0.496 e. The molecule has 1 saturated heterocycles. The number of methoxy groups -OCH3 is 1. The molecule has 1 aromatic heterocycles. The Bertz CT molecular complexity index is 776. The fraction of sp³-hybridized carbons (Fsp3) is 0.444. The van der Waals surface area contributed by atoms with Crippen LogP contribution in [0, 0.1) is 12.8 Å². The molecule has 1 atom stereocenters. The summed E-state index contributed by atoms with van der Waals surface area (Å²) in [7, 11) is 1.61. The number of aromatic carboxylic acids is 1. The molecule has 146 valence electrons. The van der Waals surface area contributed by atoms with E-state index in [0.29, 0.717) is 29.7 Å². The van der Waals surface area contributed by atoms with Gasteiger partial charge in [0.2, 0.25) is 5.89 Å². The molecule has 2 heterocycles. The predicted molar refractivity (Wildman–Crippen MR) is 94.8 cm³/mol. The number of aryl methyl sites for hydroxylation is 1. The molecule has 0 bridgehead atoms. The first-order valence-electron chi connectivity index (χ1n) is 8.46. The van der Waals surface area contributed by atoms with Crippen LogP contribution in [0.5, 0.6) is 5.75 Å². The second kappa shape index (κ2) is 9.67. The van der Waals surface area contributed by atoms with E-state index in [1.54, 1.807) is 25.3 Å². The molecule has 2 N–H and O–H groups in total. The van der Waals surface area contributed by atoms with Gasteiger partial charge in [0.05, 0.1) is 19.2 Å². The molecule has 1 aliphatic heterocycles. The maximum Gasteiger partial charge on any atom is 0.335 e. The molecule has 0 aliphatic carbocycles. The van der Waals surface area contributed by atoms with E-state index in [4.69, 9.17) is 24.3 Å². The number of hydrogen-bond acceptors (Lipinski definition) is 7. The SMILES string of the molecule is COc1ccc(C(=O)O)cc1CC1CCN(Cc2nc(C)no2)C1.O=CO. The molecule has 1 aromatic carbocycles. The van der Waals surface area contributed by atoms with Crippen molar-refractivity contribution in [3.63, 3.8) is 0 Å². The fourth-order valence-corrected chi connectivity index (χ4v) is 3.20. The standard InChI is InChI=1S/C17H21N3O4.CH2O2/c1-11-18-16(24-19-11)10-20-6-5-12(9-20)7-14-8-13(17(21)22)3-4-15(14)23-2;2-1-3/h3-4,8,12H,5-7,9-10H2,1-2H3,(H,21,22);1H,(H,2,3). The number of likely N-dealkylation sites (tertiary alicyclic amines) is 1. The Kier molecular flexibility index (Phi) is 7.30. The number of hydrogen-bond donors (Lipinski definition) is 2. The molecule has 9 heteroatoms. The summed E-state index contributed by atoms with van der Waals surface area (Å²) in [5.74, 6) is 1.56. The lowest BCUT2D eigenvalue weighted by atomic mass is 9.96. The highest BCUT2D eigenvalue weighted by molar-refractivity contribution is 5.88. The van der Waals surface area contributed by atoms with Gasteiger partial charge in [-0.2, -0.15) is 4.98 Å². The molecule has 9 nitrogen and oxygen atoms in total. The van der Waals surface area contributed by atoms with E-state index >= 15 is 0 Å². The van der Waals surface area contributed by atoms with Crippen LogP contribution in [0.3, 0.4) is 0 Å². The fourth-order valence-electron chi connectivity index (χ4n) is 3.20. The number of carboxylic acid groups (broad SMARTS) is 2. The van der Waals surface area contributed by atoms with E-state index in [0.717, 1.165) is 37.2 Å². The monoisotopic (exact) mass is 377 g/mol. The van der Waals surface area contributed by atoms with Crippen LogP contribution in [0.25, 0.3) is 0 Å². The van der Waals surface area contributed by atoms with Gasteiger partial charge in [0.15, 0.2) is 5.82 Å². The number of carboxylic acids is 1. The van der Waals surface area contributed by atoms with Crippen LogP contribution < -0.4 is 4.74 Å². The van der Waals surface area contributed by atoms with Crippen LogP contribution >= 0.6 is 0 Å². The molecule has 2 aromatic rings. The van der Waals surface area contributed by atoms with Gasteiger partial charge in [0.1, 0.15) is 5.75 Å². The third-order valence-corrected chi connectivity index (χ3v) is 4.33. The smallest absolute Gasteiger partial charge is 0.335 e. The highest BCUT2D eigenvalue weighted by Crippen LogP contribution is 2.28. The zero-order chi connectivity index (χ0) is 19.8. The Balaban J connectivity index is 0.000000817. The highest BCUT2D eigenvalue weighted by atomic mass is 16.5. The van der Waals surface area contributed by atoms with Crippen LogP contribution in [-0.2, 0) is 17.8 Å². The quantitative estimate of drug-likeness (QED) is 0.725. The van der Waals surface area contributed by atoms with Gasteiger partial charge in [-0.3, -0.25) is 9.69 Å². The summed E-state index contributed by atoms with van der Waals surface area (Å²) in [5.41, 5.74) is 1.24. The molecule has 0 radical (unpaired) electrons. The maximum absolute atomic E-state index is 11.2. The number of ether oxygens (including phenoxy) is 1. The van der Waals surface area contributed by atoms with Gasteiger partial charge in [-0.1, -0.05) is 5.16 Å². The number of aromatic nitrogens is 2. The van der Waals surface area contributed by atoms with Crippen molar-refractivity contribution in [3.05, 3.63) is 41.0 Å². The van der Waals surface area contributed by atoms with E-state index < -0.39 is 5.97 Å². The first-order chi connectivity index (χ1) is 13.0. The summed E-state index contributed by atoms with van der Waals surface area (Å²) in [5, 5.41) is 19.9. The molecule has 27 heavy (non-hydrogen) atoms. The van der Waals surface area contributed by atoms with Crippen LogP contribution in [0.1, 0.15) is 34.1 Å². The minimum atomic E-state index is -0.918. The Morgan fingerprint density at radius 1 is 1.48 bits per heavy atom. The predicted octanol–water partition coefficient (Wildman–Crippen LogP) is 1.85. The Morgan fingerprint density at radius 3 is 2.81 bits per heavy atom. The molecular weight excluding hydrogens is 354 g/mol. The normalized spacial score (nSPS) is 16.4. The second-order valence-electron chi connectivity index (χ2n) is 6.27. The van der Waals surface area contributed by atoms with E-state index in [2.05, 4.69) is 15.0 Å². The zero-order valence-corrected chi connectivity index (χ0v) is 15.3.